The van der Waals surface area contributed by atoms with Crippen LogP contribution < -0.4 is 5.73 Å². The minimum Gasteiger partial charge on any atom is -0.396 e. The number of nitrogens with two attached hydrogens (primary N) is 1. The molecule has 1 aliphatic carbocycles. The molecule has 1 aliphatic rings. The van der Waals surface area contributed by atoms with Crippen LogP contribution in [0.1, 0.15) is 44.1 Å². The summed E-state index contributed by atoms with van der Waals surface area (Å²) in [5.74, 6) is 0.650. The van der Waals surface area contributed by atoms with E-state index in [-0.39, 0.29) is 11.5 Å². The van der Waals surface area contributed by atoms with E-state index in [0.29, 0.717) is 0 Å². The van der Waals surface area contributed by atoms with Crippen molar-refractivity contribution < 1.29 is 4.39 Å². The van der Waals surface area contributed by atoms with Gasteiger partial charge in [-0.2, -0.15) is 0 Å². The number of rotatable bonds is 4. The van der Waals surface area contributed by atoms with Crippen molar-refractivity contribution in [2.75, 3.05) is 5.73 Å². The molecule has 0 aromatic heterocycles. The van der Waals surface area contributed by atoms with Gasteiger partial charge in [0.05, 0.1) is 5.69 Å². The topological polar surface area (TPSA) is 26.0 Å². The summed E-state index contributed by atoms with van der Waals surface area (Å²) in [5.41, 5.74) is 6.77. The van der Waals surface area contributed by atoms with E-state index in [1.165, 1.54) is 38.5 Å². The van der Waals surface area contributed by atoms with Crippen molar-refractivity contribution in [2.24, 2.45) is 5.92 Å². The lowest BCUT2D eigenvalue weighted by Gasteiger charge is -2.08. The van der Waals surface area contributed by atoms with Gasteiger partial charge in [-0.05, 0) is 36.5 Å². The summed E-state index contributed by atoms with van der Waals surface area (Å²) < 4.78 is 13.2. The summed E-state index contributed by atoms with van der Waals surface area (Å²) in [5, 5.41) is 0. The summed E-state index contributed by atoms with van der Waals surface area (Å²) in [7, 11) is 0. The van der Waals surface area contributed by atoms with Crippen LogP contribution in [0.25, 0.3) is 0 Å². The van der Waals surface area contributed by atoms with Crippen molar-refractivity contribution in [2.45, 2.75) is 44.9 Å². The Morgan fingerprint density at radius 3 is 2.69 bits per heavy atom. The van der Waals surface area contributed by atoms with Crippen LogP contribution in [0.3, 0.4) is 0 Å². The molecule has 0 spiro atoms. The largest absolute Gasteiger partial charge is 0.396 e. The third kappa shape index (κ3) is 2.97. The highest BCUT2D eigenvalue weighted by Crippen LogP contribution is 2.29. The Balaban J connectivity index is 1.78. The van der Waals surface area contributed by atoms with Crippen molar-refractivity contribution >= 4 is 5.69 Å². The number of anilines is 1. The van der Waals surface area contributed by atoms with Crippen molar-refractivity contribution in [3.8, 4) is 0 Å². The number of halogens is 1. The molecule has 0 saturated heterocycles. The van der Waals surface area contributed by atoms with Crippen molar-refractivity contribution in [1.82, 2.24) is 0 Å². The fourth-order valence-corrected chi connectivity index (χ4v) is 2.62. The summed E-state index contributed by atoms with van der Waals surface area (Å²) in [6.07, 6.45) is 9.06. The van der Waals surface area contributed by atoms with Gasteiger partial charge in [-0.3, -0.25) is 0 Å². The second-order valence-corrected chi connectivity index (χ2v) is 4.90. The number of benzene rings is 1. The van der Waals surface area contributed by atoms with Gasteiger partial charge in [0, 0.05) is 0 Å². The number of hydrogen-bond acceptors (Lipinski definition) is 1. The van der Waals surface area contributed by atoms with E-state index in [2.05, 4.69) is 0 Å². The molecule has 0 amide bonds. The molecule has 0 heterocycles. The molecule has 0 radical (unpaired) electrons. The minimum atomic E-state index is -0.279. The zero-order valence-electron chi connectivity index (χ0n) is 9.71. The van der Waals surface area contributed by atoms with Crippen LogP contribution in [0.15, 0.2) is 18.2 Å². The molecular weight excluding hydrogens is 201 g/mol. The lowest BCUT2D eigenvalue weighted by molar-refractivity contribution is 0.483. The van der Waals surface area contributed by atoms with E-state index in [1.807, 2.05) is 6.07 Å². The number of hydrogen-bond donors (Lipinski definition) is 1. The van der Waals surface area contributed by atoms with Gasteiger partial charge in [0.25, 0.3) is 0 Å². The van der Waals surface area contributed by atoms with Gasteiger partial charge in [-0.25, -0.2) is 4.39 Å². The first-order valence-electron chi connectivity index (χ1n) is 6.29. The second kappa shape index (κ2) is 5.33. The average Bonchev–Trinajstić information content (AvgIpc) is 2.76. The normalized spacial score (nSPS) is 16.8. The Kier molecular flexibility index (Phi) is 3.81. The van der Waals surface area contributed by atoms with Gasteiger partial charge in [0.2, 0.25) is 0 Å². The third-order valence-corrected chi connectivity index (χ3v) is 3.62. The predicted octanol–water partition coefficient (Wildman–Crippen LogP) is 3.92. The first-order chi connectivity index (χ1) is 7.75. The van der Waals surface area contributed by atoms with Gasteiger partial charge in [-0.15, -0.1) is 0 Å². The maximum absolute atomic E-state index is 13.2. The van der Waals surface area contributed by atoms with E-state index in [0.717, 1.165) is 17.9 Å². The molecule has 0 unspecified atom stereocenters. The molecular formula is C14H20FN. The highest BCUT2D eigenvalue weighted by Gasteiger charge is 2.14. The quantitative estimate of drug-likeness (QED) is 0.766. The van der Waals surface area contributed by atoms with Crippen LogP contribution in [0, 0.1) is 11.7 Å². The smallest absolute Gasteiger partial charge is 0.146 e. The molecule has 88 valence electrons. The Labute approximate surface area is 96.9 Å². The number of aryl methyl sites for hydroxylation is 1. The molecule has 0 bridgehead atoms. The van der Waals surface area contributed by atoms with E-state index in [4.69, 9.17) is 5.73 Å². The summed E-state index contributed by atoms with van der Waals surface area (Å²) in [4.78, 5) is 0. The van der Waals surface area contributed by atoms with Crippen molar-refractivity contribution in [1.29, 1.82) is 0 Å². The monoisotopic (exact) mass is 221 g/mol. The zero-order chi connectivity index (χ0) is 11.4. The highest BCUT2D eigenvalue weighted by molar-refractivity contribution is 5.41. The first kappa shape index (κ1) is 11.4. The van der Waals surface area contributed by atoms with Crippen LogP contribution >= 0.6 is 0 Å². The summed E-state index contributed by atoms with van der Waals surface area (Å²) in [6, 6.07) is 5.18. The van der Waals surface area contributed by atoms with Crippen LogP contribution in [-0.2, 0) is 6.42 Å². The molecule has 16 heavy (non-hydrogen) atoms. The van der Waals surface area contributed by atoms with Gasteiger partial charge < -0.3 is 5.73 Å². The van der Waals surface area contributed by atoms with Gasteiger partial charge in [0.15, 0.2) is 0 Å². The third-order valence-electron chi connectivity index (χ3n) is 3.62. The number of nitrogen functional groups attached to an aromatic ring is 1. The molecule has 1 aromatic rings. The van der Waals surface area contributed by atoms with E-state index in [9.17, 15) is 4.39 Å². The molecule has 1 saturated carbocycles. The minimum absolute atomic E-state index is 0.250. The Hall–Kier alpha value is -1.05. The fourth-order valence-electron chi connectivity index (χ4n) is 2.62. The molecule has 2 N–H and O–H groups in total. The van der Waals surface area contributed by atoms with Gasteiger partial charge >= 0.3 is 0 Å². The SMILES string of the molecule is Nc1ccc(CCCC2CCCC2)cc1F. The Morgan fingerprint density at radius 2 is 2.00 bits per heavy atom. The predicted molar refractivity (Wildman–Crippen MR) is 65.7 cm³/mol. The maximum Gasteiger partial charge on any atom is 0.146 e. The van der Waals surface area contributed by atoms with Crippen molar-refractivity contribution in [3.63, 3.8) is 0 Å². The molecule has 1 fully saturated rings. The van der Waals surface area contributed by atoms with Crippen LogP contribution in [-0.4, -0.2) is 0 Å². The molecule has 0 atom stereocenters. The zero-order valence-corrected chi connectivity index (χ0v) is 9.71. The van der Waals surface area contributed by atoms with E-state index >= 15 is 0 Å². The molecule has 2 rings (SSSR count). The van der Waals surface area contributed by atoms with Crippen LogP contribution in [0.5, 0.6) is 0 Å². The fraction of sp³-hybridized carbons (Fsp3) is 0.571. The van der Waals surface area contributed by atoms with E-state index in [1.54, 1.807) is 12.1 Å². The summed E-state index contributed by atoms with van der Waals surface area (Å²) in [6.45, 7) is 0. The molecule has 1 aromatic carbocycles. The lowest BCUT2D eigenvalue weighted by atomic mass is 9.98. The Morgan fingerprint density at radius 1 is 1.25 bits per heavy atom. The van der Waals surface area contributed by atoms with Gasteiger partial charge in [-0.1, -0.05) is 38.2 Å². The first-order valence-corrected chi connectivity index (χ1v) is 6.29. The molecule has 1 nitrogen and oxygen atoms in total. The summed E-state index contributed by atoms with van der Waals surface area (Å²) >= 11 is 0. The molecule has 2 heteroatoms. The van der Waals surface area contributed by atoms with Crippen LogP contribution in [0.2, 0.25) is 0 Å². The van der Waals surface area contributed by atoms with E-state index < -0.39 is 0 Å². The maximum atomic E-state index is 13.2. The second-order valence-electron chi connectivity index (χ2n) is 4.90. The Bertz CT molecular complexity index is 343. The van der Waals surface area contributed by atoms with Gasteiger partial charge in [0.1, 0.15) is 5.82 Å². The van der Waals surface area contributed by atoms with Crippen LogP contribution in [0.4, 0.5) is 10.1 Å². The standard InChI is InChI=1S/C14H20FN/c15-13-10-12(8-9-14(13)16)7-3-6-11-4-1-2-5-11/h8-11H,1-7,16H2. The molecule has 0 aliphatic heterocycles. The average molecular weight is 221 g/mol. The lowest BCUT2D eigenvalue weighted by Crippen LogP contribution is -1.96. The highest BCUT2D eigenvalue weighted by atomic mass is 19.1. The van der Waals surface area contributed by atoms with Crippen molar-refractivity contribution in [3.05, 3.63) is 29.6 Å².